The van der Waals surface area contributed by atoms with Crippen molar-refractivity contribution in [1.29, 1.82) is 0 Å². The first kappa shape index (κ1) is 19.1. The Hall–Kier alpha value is -1.21. The van der Waals surface area contributed by atoms with E-state index < -0.39 is 0 Å². The summed E-state index contributed by atoms with van der Waals surface area (Å²) in [5.41, 5.74) is 1.67. The number of aromatic nitrogens is 2. The molecule has 8 heteroatoms. The fourth-order valence-corrected chi connectivity index (χ4v) is 3.83. The van der Waals surface area contributed by atoms with Gasteiger partial charge in [0.15, 0.2) is 0 Å². The Morgan fingerprint density at radius 3 is 2.88 bits per heavy atom. The van der Waals surface area contributed by atoms with Crippen LogP contribution < -0.4 is 5.32 Å². The van der Waals surface area contributed by atoms with Crippen LogP contribution in [0, 0.1) is 0 Å². The van der Waals surface area contributed by atoms with Gasteiger partial charge in [-0.15, -0.1) is 36.2 Å². The van der Waals surface area contributed by atoms with Crippen molar-refractivity contribution < 1.29 is 4.79 Å². The molecule has 24 heavy (non-hydrogen) atoms. The maximum atomic E-state index is 12.9. The first-order valence-corrected chi connectivity index (χ1v) is 8.58. The molecular weight excluding hydrogens is 367 g/mol. The summed E-state index contributed by atoms with van der Waals surface area (Å²) in [6.07, 6.45) is 6.03. The van der Waals surface area contributed by atoms with Gasteiger partial charge in [0.2, 0.25) is 0 Å². The molecule has 0 radical (unpaired) electrons. The molecule has 3 heterocycles. The lowest BCUT2D eigenvalue weighted by atomic mass is 10.1. The Labute approximate surface area is 157 Å². The molecule has 2 aliphatic rings. The number of carbonyl (C=O) groups is 1. The smallest absolute Gasteiger partial charge is 0.273 e. The van der Waals surface area contributed by atoms with E-state index in [4.69, 9.17) is 0 Å². The molecule has 1 atom stereocenters. The predicted octanol–water partition coefficient (Wildman–Crippen LogP) is 3.05. The lowest BCUT2D eigenvalue weighted by molar-refractivity contribution is 0.0628. The predicted molar refractivity (Wildman–Crippen MR) is 99.5 cm³/mol. The summed E-state index contributed by atoms with van der Waals surface area (Å²) in [4.78, 5) is 23.5. The number of thiazole rings is 1. The summed E-state index contributed by atoms with van der Waals surface area (Å²) in [5.74, 6) is 0.641. The van der Waals surface area contributed by atoms with E-state index in [0.717, 1.165) is 23.7 Å². The Morgan fingerprint density at radius 2 is 2.17 bits per heavy atom. The van der Waals surface area contributed by atoms with E-state index in [1.54, 1.807) is 17.5 Å². The largest absolute Gasteiger partial charge is 0.328 e. The van der Waals surface area contributed by atoms with Crippen LogP contribution in [0.15, 0.2) is 29.9 Å². The highest BCUT2D eigenvalue weighted by atomic mass is 35.5. The zero-order valence-electron chi connectivity index (χ0n) is 13.1. The summed E-state index contributed by atoms with van der Waals surface area (Å²) in [6, 6.07) is 3.98. The maximum Gasteiger partial charge on any atom is 0.273 e. The standard InChI is InChI=1S/C16H18N4OS.2ClH/c21-16(13-10-22-15(19-13)11-3-4-11)20-7-6-18-9-14(20)12-2-1-5-17-8-12;;/h1-2,5,8,10-11,14,18H,3-4,6-7,9H2;2*1H. The summed E-state index contributed by atoms with van der Waals surface area (Å²) < 4.78 is 0. The normalized spacial score (nSPS) is 20.0. The molecule has 1 amide bonds. The molecule has 0 aromatic carbocycles. The zero-order chi connectivity index (χ0) is 14.9. The molecular formula is C16H20Cl2N4OS. The summed E-state index contributed by atoms with van der Waals surface area (Å²) in [5, 5.41) is 6.40. The van der Waals surface area contributed by atoms with E-state index in [9.17, 15) is 4.79 Å². The zero-order valence-corrected chi connectivity index (χ0v) is 15.5. The van der Waals surface area contributed by atoms with E-state index in [2.05, 4.69) is 15.3 Å². The highest BCUT2D eigenvalue weighted by Crippen LogP contribution is 2.41. The van der Waals surface area contributed by atoms with Gasteiger partial charge in [-0.1, -0.05) is 6.07 Å². The molecule has 1 saturated carbocycles. The third-order valence-corrected chi connectivity index (χ3v) is 5.25. The highest BCUT2D eigenvalue weighted by molar-refractivity contribution is 7.10. The number of piperazine rings is 1. The van der Waals surface area contributed by atoms with Crippen LogP contribution in [0.4, 0.5) is 0 Å². The van der Waals surface area contributed by atoms with Crippen molar-refractivity contribution in [3.05, 3.63) is 46.2 Å². The van der Waals surface area contributed by atoms with Crippen molar-refractivity contribution in [3.8, 4) is 0 Å². The fraction of sp³-hybridized carbons (Fsp3) is 0.438. The van der Waals surface area contributed by atoms with Crippen molar-refractivity contribution >= 4 is 42.1 Å². The van der Waals surface area contributed by atoms with E-state index in [0.29, 0.717) is 18.2 Å². The molecule has 0 spiro atoms. The van der Waals surface area contributed by atoms with Crippen LogP contribution in [-0.2, 0) is 0 Å². The molecule has 1 aliphatic heterocycles. The lowest BCUT2D eigenvalue weighted by Gasteiger charge is -2.36. The van der Waals surface area contributed by atoms with Gasteiger partial charge >= 0.3 is 0 Å². The third kappa shape index (κ3) is 3.88. The highest BCUT2D eigenvalue weighted by Gasteiger charge is 2.32. The summed E-state index contributed by atoms with van der Waals surface area (Å²) >= 11 is 1.62. The van der Waals surface area contributed by atoms with Crippen LogP contribution in [0.2, 0.25) is 0 Å². The van der Waals surface area contributed by atoms with Gasteiger partial charge in [-0.3, -0.25) is 9.78 Å². The number of amides is 1. The quantitative estimate of drug-likeness (QED) is 0.880. The van der Waals surface area contributed by atoms with Crippen molar-refractivity contribution in [2.45, 2.75) is 24.8 Å². The number of rotatable bonds is 3. The number of hydrogen-bond acceptors (Lipinski definition) is 5. The Kier molecular flexibility index (Phi) is 6.57. The molecule has 2 aromatic heterocycles. The minimum Gasteiger partial charge on any atom is -0.328 e. The molecule has 2 aromatic rings. The van der Waals surface area contributed by atoms with Crippen LogP contribution in [0.3, 0.4) is 0 Å². The maximum absolute atomic E-state index is 12.9. The minimum absolute atomic E-state index is 0. The van der Waals surface area contributed by atoms with E-state index in [1.165, 1.54) is 12.8 Å². The average Bonchev–Trinajstić information content (AvgIpc) is 3.32. The number of pyridine rings is 1. The SMILES string of the molecule is Cl.Cl.O=C(c1csc(C2CC2)n1)N1CCNCC1c1cccnc1. The molecule has 5 nitrogen and oxygen atoms in total. The van der Waals surface area contributed by atoms with Crippen LogP contribution in [0.25, 0.3) is 0 Å². The molecule has 2 fully saturated rings. The van der Waals surface area contributed by atoms with E-state index >= 15 is 0 Å². The molecule has 1 N–H and O–H groups in total. The molecule has 1 unspecified atom stereocenters. The third-order valence-electron chi connectivity index (χ3n) is 4.24. The van der Waals surface area contributed by atoms with Crippen molar-refractivity contribution in [2.24, 2.45) is 0 Å². The number of nitrogens with one attached hydrogen (secondary N) is 1. The van der Waals surface area contributed by atoms with Crippen LogP contribution >= 0.6 is 36.2 Å². The first-order chi connectivity index (χ1) is 10.8. The number of hydrogen-bond donors (Lipinski definition) is 1. The van der Waals surface area contributed by atoms with E-state index in [-0.39, 0.29) is 36.8 Å². The van der Waals surface area contributed by atoms with Gasteiger partial charge < -0.3 is 10.2 Å². The number of halogens is 2. The Bertz CT molecular complexity index is 678. The minimum atomic E-state index is 0. The van der Waals surface area contributed by atoms with Gasteiger partial charge in [-0.05, 0) is 24.5 Å². The summed E-state index contributed by atoms with van der Waals surface area (Å²) in [6.45, 7) is 2.29. The van der Waals surface area contributed by atoms with Gasteiger partial charge in [-0.2, -0.15) is 0 Å². The van der Waals surface area contributed by atoms with Gasteiger partial charge in [0.25, 0.3) is 5.91 Å². The van der Waals surface area contributed by atoms with Crippen LogP contribution in [0.5, 0.6) is 0 Å². The van der Waals surface area contributed by atoms with Crippen LogP contribution in [0.1, 0.15) is 45.9 Å². The van der Waals surface area contributed by atoms with Gasteiger partial charge in [0, 0.05) is 43.3 Å². The molecule has 1 aliphatic carbocycles. The fourth-order valence-electron chi connectivity index (χ4n) is 2.87. The monoisotopic (exact) mass is 386 g/mol. The molecule has 1 saturated heterocycles. The topological polar surface area (TPSA) is 58.1 Å². The first-order valence-electron chi connectivity index (χ1n) is 7.70. The second-order valence-electron chi connectivity index (χ2n) is 5.85. The van der Waals surface area contributed by atoms with Crippen molar-refractivity contribution in [2.75, 3.05) is 19.6 Å². The Morgan fingerprint density at radius 1 is 1.33 bits per heavy atom. The number of carbonyl (C=O) groups excluding carboxylic acids is 1. The lowest BCUT2D eigenvalue weighted by Crippen LogP contribution is -2.48. The van der Waals surface area contributed by atoms with Gasteiger partial charge in [0.05, 0.1) is 11.0 Å². The molecule has 130 valence electrons. The van der Waals surface area contributed by atoms with Gasteiger partial charge in [0.1, 0.15) is 5.69 Å². The van der Waals surface area contributed by atoms with Crippen LogP contribution in [-0.4, -0.2) is 40.4 Å². The Balaban J connectivity index is 0.00000104. The number of nitrogens with zero attached hydrogens (tertiary/aromatic N) is 3. The van der Waals surface area contributed by atoms with E-state index in [1.807, 2.05) is 28.6 Å². The average molecular weight is 387 g/mol. The summed E-state index contributed by atoms with van der Waals surface area (Å²) in [7, 11) is 0. The second-order valence-corrected chi connectivity index (χ2v) is 6.74. The molecule has 4 rings (SSSR count). The van der Waals surface area contributed by atoms with Crippen molar-refractivity contribution in [3.63, 3.8) is 0 Å². The van der Waals surface area contributed by atoms with Crippen molar-refractivity contribution in [1.82, 2.24) is 20.2 Å². The second kappa shape index (κ2) is 8.25. The van der Waals surface area contributed by atoms with Gasteiger partial charge in [-0.25, -0.2) is 4.98 Å². The molecule has 0 bridgehead atoms.